The molecule has 38 heavy (non-hydrogen) atoms. The summed E-state index contributed by atoms with van der Waals surface area (Å²) in [7, 11) is 0. The second kappa shape index (κ2) is 11.4. The first kappa shape index (κ1) is 26.7. The van der Waals surface area contributed by atoms with Gasteiger partial charge in [-0.1, -0.05) is 32.1 Å². The van der Waals surface area contributed by atoms with Crippen LogP contribution in [0.4, 0.5) is 10.1 Å². The van der Waals surface area contributed by atoms with Crippen LogP contribution in [0.3, 0.4) is 0 Å². The Morgan fingerprint density at radius 2 is 1.79 bits per heavy atom. The predicted octanol–water partition coefficient (Wildman–Crippen LogP) is 4.97. The van der Waals surface area contributed by atoms with Crippen molar-refractivity contribution in [1.82, 2.24) is 4.90 Å². The van der Waals surface area contributed by atoms with Gasteiger partial charge in [-0.2, -0.15) is 0 Å². The standard InChI is InChI=1S/C29H38FN3O5/c30-16-23(31)18-6-8-19(9-7-18)28(35)33-13-12-22(17-4-2-1-3-5-17)26(33)27(34)32-21-10-11-24-20(14-21)15-25(38-24)29(36)37/h10-11,14-15,17-19,22-23,26H,1-9,12-13,16,31H2,(H,32,34)(H,36,37)/t18?,19?,22-,23?,26+/m1/s1. The summed E-state index contributed by atoms with van der Waals surface area (Å²) in [5.74, 6) is -0.977. The molecule has 1 aromatic heterocycles. The van der Waals surface area contributed by atoms with Crippen LogP contribution in [0, 0.1) is 23.7 Å². The number of amides is 2. The molecule has 1 unspecified atom stereocenters. The van der Waals surface area contributed by atoms with Crippen molar-refractivity contribution in [1.29, 1.82) is 0 Å². The second-order valence-corrected chi connectivity index (χ2v) is 11.4. The maximum atomic E-state index is 13.8. The molecule has 1 aliphatic heterocycles. The second-order valence-electron chi connectivity index (χ2n) is 11.4. The minimum Gasteiger partial charge on any atom is -0.475 e. The molecule has 3 atom stereocenters. The van der Waals surface area contributed by atoms with E-state index < -0.39 is 24.7 Å². The van der Waals surface area contributed by atoms with Gasteiger partial charge in [-0.3, -0.25) is 9.59 Å². The molecule has 0 spiro atoms. The summed E-state index contributed by atoms with van der Waals surface area (Å²) in [4.78, 5) is 40.7. The molecule has 0 radical (unpaired) electrons. The van der Waals surface area contributed by atoms with E-state index in [2.05, 4.69) is 5.32 Å². The fourth-order valence-corrected chi connectivity index (χ4v) is 7.05. The maximum Gasteiger partial charge on any atom is 0.371 e. The largest absolute Gasteiger partial charge is 0.475 e. The summed E-state index contributed by atoms with van der Waals surface area (Å²) < 4.78 is 18.4. The predicted molar refractivity (Wildman–Crippen MR) is 141 cm³/mol. The van der Waals surface area contributed by atoms with Crippen molar-refractivity contribution in [3.8, 4) is 0 Å². The van der Waals surface area contributed by atoms with Crippen molar-refractivity contribution in [3.05, 3.63) is 30.0 Å². The summed E-state index contributed by atoms with van der Waals surface area (Å²) in [5.41, 5.74) is 6.90. The van der Waals surface area contributed by atoms with Gasteiger partial charge in [-0.25, -0.2) is 9.18 Å². The molecule has 2 amide bonds. The van der Waals surface area contributed by atoms with E-state index in [1.165, 1.54) is 12.5 Å². The van der Waals surface area contributed by atoms with E-state index in [0.29, 0.717) is 42.0 Å². The highest BCUT2D eigenvalue weighted by Gasteiger charge is 2.47. The molecule has 2 heterocycles. The Morgan fingerprint density at radius 1 is 1.05 bits per heavy atom. The lowest BCUT2D eigenvalue weighted by molar-refractivity contribution is -0.142. The lowest BCUT2D eigenvalue weighted by Gasteiger charge is -2.36. The monoisotopic (exact) mass is 527 g/mol. The molecule has 3 aliphatic rings. The van der Waals surface area contributed by atoms with Crippen LogP contribution >= 0.6 is 0 Å². The van der Waals surface area contributed by atoms with Crippen LogP contribution < -0.4 is 11.1 Å². The minimum absolute atomic E-state index is 0.0344. The molecule has 3 fully saturated rings. The third kappa shape index (κ3) is 5.44. The normalized spacial score (nSPS) is 27.4. The molecule has 2 aromatic rings. The first-order chi connectivity index (χ1) is 18.4. The smallest absolute Gasteiger partial charge is 0.371 e. The molecule has 5 rings (SSSR count). The van der Waals surface area contributed by atoms with E-state index in [4.69, 9.17) is 10.2 Å². The van der Waals surface area contributed by atoms with Gasteiger partial charge in [-0.05, 0) is 74.1 Å². The number of alkyl halides is 1. The van der Waals surface area contributed by atoms with Gasteiger partial charge in [0.25, 0.3) is 0 Å². The molecule has 1 saturated heterocycles. The number of likely N-dealkylation sites (tertiary alicyclic amines) is 1. The van der Waals surface area contributed by atoms with Gasteiger partial charge in [0, 0.05) is 29.6 Å². The molecule has 2 saturated carbocycles. The number of hydrogen-bond acceptors (Lipinski definition) is 5. The molecule has 8 nitrogen and oxygen atoms in total. The van der Waals surface area contributed by atoms with E-state index in [9.17, 15) is 23.9 Å². The first-order valence-electron chi connectivity index (χ1n) is 14.1. The summed E-state index contributed by atoms with van der Waals surface area (Å²) in [6.07, 6.45) is 9.36. The van der Waals surface area contributed by atoms with Crippen molar-refractivity contribution in [2.45, 2.75) is 76.3 Å². The average molecular weight is 528 g/mol. The number of nitrogens with one attached hydrogen (secondary N) is 1. The topological polar surface area (TPSA) is 126 Å². The Labute approximate surface area is 222 Å². The van der Waals surface area contributed by atoms with Gasteiger partial charge in [0.15, 0.2) is 0 Å². The highest BCUT2D eigenvalue weighted by atomic mass is 19.1. The van der Waals surface area contributed by atoms with Crippen LogP contribution in [0.25, 0.3) is 11.0 Å². The third-order valence-electron chi connectivity index (χ3n) is 9.15. The summed E-state index contributed by atoms with van der Waals surface area (Å²) in [5, 5.41) is 12.8. The van der Waals surface area contributed by atoms with E-state index >= 15 is 0 Å². The highest BCUT2D eigenvalue weighted by molar-refractivity contribution is 6.00. The van der Waals surface area contributed by atoms with Crippen molar-refractivity contribution in [3.63, 3.8) is 0 Å². The zero-order chi connectivity index (χ0) is 26.8. The summed E-state index contributed by atoms with van der Waals surface area (Å²) in [6.45, 7) is 0.0354. The lowest BCUT2D eigenvalue weighted by Crippen LogP contribution is -2.50. The number of carboxylic acid groups (broad SMARTS) is 1. The number of nitrogens with two attached hydrogens (primary N) is 1. The number of anilines is 1. The van der Waals surface area contributed by atoms with Crippen LogP contribution in [0.5, 0.6) is 0 Å². The zero-order valence-electron chi connectivity index (χ0n) is 21.7. The Hall–Kier alpha value is -2.94. The number of rotatable bonds is 7. The van der Waals surface area contributed by atoms with E-state index in [1.807, 2.05) is 4.90 Å². The van der Waals surface area contributed by atoms with Crippen molar-refractivity contribution in [2.24, 2.45) is 29.4 Å². The third-order valence-corrected chi connectivity index (χ3v) is 9.15. The molecule has 206 valence electrons. The fourth-order valence-electron chi connectivity index (χ4n) is 7.05. The Morgan fingerprint density at radius 3 is 2.47 bits per heavy atom. The number of furan rings is 1. The average Bonchev–Trinajstić information content (AvgIpc) is 3.58. The SMILES string of the molecule is NC(CF)C1CCC(C(=O)N2CC[C@H](C3CCCCC3)[C@H]2C(=O)Nc2ccc3oc(C(=O)O)cc3c2)CC1. The Balaban J connectivity index is 1.34. The van der Waals surface area contributed by atoms with Crippen molar-refractivity contribution in [2.75, 3.05) is 18.5 Å². The molecule has 0 bridgehead atoms. The summed E-state index contributed by atoms with van der Waals surface area (Å²) in [6, 6.07) is 5.48. The fraction of sp³-hybridized carbons (Fsp3) is 0.621. The Bertz CT molecular complexity index is 1170. The van der Waals surface area contributed by atoms with E-state index in [1.54, 1.807) is 18.2 Å². The number of hydrogen-bond donors (Lipinski definition) is 3. The highest BCUT2D eigenvalue weighted by Crippen LogP contribution is 2.41. The molecule has 4 N–H and O–H groups in total. The van der Waals surface area contributed by atoms with Gasteiger partial charge >= 0.3 is 5.97 Å². The number of carbonyl (C=O) groups is 3. The van der Waals surface area contributed by atoms with Crippen LogP contribution in [0.15, 0.2) is 28.7 Å². The van der Waals surface area contributed by atoms with Gasteiger partial charge in [0.2, 0.25) is 17.6 Å². The van der Waals surface area contributed by atoms with Crippen LogP contribution in [0.2, 0.25) is 0 Å². The molecule has 9 heteroatoms. The molecule has 2 aliphatic carbocycles. The van der Waals surface area contributed by atoms with Crippen LogP contribution in [-0.4, -0.2) is 53.1 Å². The van der Waals surface area contributed by atoms with Crippen molar-refractivity contribution >= 4 is 34.4 Å². The number of nitrogens with zero attached hydrogens (tertiary/aromatic N) is 1. The van der Waals surface area contributed by atoms with Crippen LogP contribution in [-0.2, 0) is 9.59 Å². The van der Waals surface area contributed by atoms with Crippen LogP contribution in [0.1, 0.15) is 74.8 Å². The van der Waals surface area contributed by atoms with Gasteiger partial charge < -0.3 is 25.5 Å². The lowest BCUT2D eigenvalue weighted by atomic mass is 9.76. The molecular formula is C29H38FN3O5. The number of benzene rings is 1. The first-order valence-corrected chi connectivity index (χ1v) is 14.1. The molecule has 1 aromatic carbocycles. The Kier molecular flexibility index (Phi) is 8.02. The van der Waals surface area contributed by atoms with Gasteiger partial charge in [0.1, 0.15) is 18.3 Å². The van der Waals surface area contributed by atoms with E-state index in [-0.39, 0.29) is 35.3 Å². The van der Waals surface area contributed by atoms with Gasteiger partial charge in [0.05, 0.1) is 0 Å². The minimum atomic E-state index is -1.15. The number of fused-ring (bicyclic) bond motifs is 1. The number of carboxylic acids is 1. The zero-order valence-corrected chi connectivity index (χ0v) is 21.7. The number of carbonyl (C=O) groups excluding carboxylic acids is 2. The number of halogens is 1. The van der Waals surface area contributed by atoms with Crippen molar-refractivity contribution < 1.29 is 28.3 Å². The number of aromatic carboxylic acids is 1. The maximum absolute atomic E-state index is 13.8. The molecular weight excluding hydrogens is 489 g/mol. The summed E-state index contributed by atoms with van der Waals surface area (Å²) >= 11 is 0. The quantitative estimate of drug-likeness (QED) is 0.467. The van der Waals surface area contributed by atoms with Gasteiger partial charge in [-0.15, -0.1) is 0 Å². The van der Waals surface area contributed by atoms with E-state index in [0.717, 1.165) is 44.9 Å².